The summed E-state index contributed by atoms with van der Waals surface area (Å²) in [5.74, 6) is -0.370. The van der Waals surface area contributed by atoms with E-state index >= 15 is 0 Å². The van der Waals surface area contributed by atoms with Crippen molar-refractivity contribution in [3.8, 4) is 6.01 Å². The minimum atomic E-state index is -0.370. The van der Waals surface area contributed by atoms with E-state index in [9.17, 15) is 4.79 Å². The fraction of sp³-hybridized carbons (Fsp3) is 0.273. The van der Waals surface area contributed by atoms with Crippen LogP contribution in [0.2, 0.25) is 0 Å². The molecule has 8 heteroatoms. The van der Waals surface area contributed by atoms with Crippen LogP contribution in [0.5, 0.6) is 6.01 Å². The molecule has 0 unspecified atom stereocenters. The molecule has 0 aromatic carbocycles. The Labute approximate surface area is 111 Å². The van der Waals surface area contributed by atoms with E-state index in [0.29, 0.717) is 10.5 Å². The van der Waals surface area contributed by atoms with Gasteiger partial charge in [-0.05, 0) is 12.5 Å². The van der Waals surface area contributed by atoms with Crippen LogP contribution in [0.25, 0.3) is 15.9 Å². The molecule has 0 aliphatic heterocycles. The summed E-state index contributed by atoms with van der Waals surface area (Å²) >= 11 is 1.28. The number of rotatable bonds is 2. The molecule has 3 rings (SSSR count). The number of aromatic nitrogens is 4. The Bertz CT molecular complexity index is 792. The topological polar surface area (TPSA) is 78.6 Å². The van der Waals surface area contributed by atoms with Gasteiger partial charge < -0.3 is 9.47 Å². The second-order valence-corrected chi connectivity index (χ2v) is 4.84. The molecule has 3 aromatic rings. The largest absolute Gasteiger partial charge is 0.466 e. The van der Waals surface area contributed by atoms with Crippen LogP contribution in [0.4, 0.5) is 0 Å². The Kier molecular flexibility index (Phi) is 2.59. The van der Waals surface area contributed by atoms with Gasteiger partial charge in [-0.3, -0.25) is 0 Å². The van der Waals surface area contributed by atoms with Crippen LogP contribution < -0.4 is 4.74 Å². The molecule has 0 N–H and O–H groups in total. The fourth-order valence-electron chi connectivity index (χ4n) is 1.89. The average Bonchev–Trinajstić information content (AvgIpc) is 2.98. The predicted molar refractivity (Wildman–Crippen MR) is 68.8 cm³/mol. The van der Waals surface area contributed by atoms with Crippen molar-refractivity contribution in [1.29, 1.82) is 0 Å². The minimum absolute atomic E-state index is 0.263. The molecule has 0 aliphatic rings. The Morgan fingerprint density at radius 1 is 1.42 bits per heavy atom. The Balaban J connectivity index is 2.37. The zero-order valence-corrected chi connectivity index (χ0v) is 11.3. The van der Waals surface area contributed by atoms with Crippen molar-refractivity contribution in [2.75, 3.05) is 14.2 Å². The molecule has 0 spiro atoms. The van der Waals surface area contributed by atoms with Gasteiger partial charge in [-0.1, -0.05) is 0 Å². The van der Waals surface area contributed by atoms with Crippen molar-refractivity contribution >= 4 is 33.2 Å². The number of esters is 1. The molecule has 7 nitrogen and oxygen atoms in total. The van der Waals surface area contributed by atoms with Gasteiger partial charge in [0.25, 0.3) is 0 Å². The molecule has 3 heterocycles. The summed E-state index contributed by atoms with van der Waals surface area (Å²) in [5, 5.41) is 4.90. The summed E-state index contributed by atoms with van der Waals surface area (Å²) in [6.07, 6.45) is 1.55. The van der Waals surface area contributed by atoms with Crippen molar-refractivity contribution < 1.29 is 14.3 Å². The zero-order valence-electron chi connectivity index (χ0n) is 10.5. The van der Waals surface area contributed by atoms with Crippen LogP contribution in [0, 0.1) is 6.92 Å². The predicted octanol–water partition coefficient (Wildman–Crippen LogP) is 1.44. The molecule has 19 heavy (non-hydrogen) atoms. The van der Waals surface area contributed by atoms with Gasteiger partial charge in [-0.2, -0.15) is 9.50 Å². The lowest BCUT2D eigenvalue weighted by molar-refractivity contribution is 0.0605. The summed E-state index contributed by atoms with van der Waals surface area (Å²) in [6.45, 7) is 1.84. The van der Waals surface area contributed by atoms with Crippen LogP contribution in [0.15, 0.2) is 6.33 Å². The third kappa shape index (κ3) is 1.64. The molecule has 0 fully saturated rings. The lowest BCUT2D eigenvalue weighted by Gasteiger charge is -1.96. The molecule has 3 aromatic heterocycles. The van der Waals surface area contributed by atoms with E-state index in [1.54, 1.807) is 6.33 Å². The molecule has 0 radical (unpaired) electrons. The molecule has 98 valence electrons. The Morgan fingerprint density at radius 3 is 2.89 bits per heavy atom. The number of hydrogen-bond donors (Lipinski definition) is 0. The zero-order chi connectivity index (χ0) is 13.6. The maximum Gasteiger partial charge on any atom is 0.348 e. The summed E-state index contributed by atoms with van der Waals surface area (Å²) in [6, 6.07) is 0.263. The van der Waals surface area contributed by atoms with Crippen molar-refractivity contribution in [3.05, 3.63) is 16.8 Å². The van der Waals surface area contributed by atoms with Gasteiger partial charge in [0.1, 0.15) is 16.0 Å². The van der Waals surface area contributed by atoms with Gasteiger partial charge in [-0.15, -0.1) is 16.4 Å². The number of thiophene rings is 1. The Morgan fingerprint density at radius 2 is 2.21 bits per heavy atom. The smallest absolute Gasteiger partial charge is 0.348 e. The highest BCUT2D eigenvalue weighted by molar-refractivity contribution is 7.20. The summed E-state index contributed by atoms with van der Waals surface area (Å²) in [7, 11) is 2.86. The van der Waals surface area contributed by atoms with Crippen LogP contribution >= 0.6 is 11.3 Å². The van der Waals surface area contributed by atoms with E-state index in [1.807, 2.05) is 6.92 Å². The fourth-order valence-corrected chi connectivity index (χ4v) is 2.95. The van der Waals surface area contributed by atoms with E-state index in [4.69, 9.17) is 9.47 Å². The summed E-state index contributed by atoms with van der Waals surface area (Å²) in [4.78, 5) is 21.5. The van der Waals surface area contributed by atoms with Crippen molar-refractivity contribution in [3.63, 3.8) is 0 Å². The van der Waals surface area contributed by atoms with Gasteiger partial charge in [0.05, 0.1) is 19.6 Å². The SMILES string of the molecule is COC(=O)c1sc2ncn3nc(OC)nc3c2c1C. The van der Waals surface area contributed by atoms with E-state index < -0.39 is 0 Å². The minimum Gasteiger partial charge on any atom is -0.466 e. The van der Waals surface area contributed by atoms with E-state index in [-0.39, 0.29) is 12.0 Å². The lowest BCUT2D eigenvalue weighted by atomic mass is 10.2. The molecule has 0 atom stereocenters. The van der Waals surface area contributed by atoms with Crippen LogP contribution in [0.1, 0.15) is 15.2 Å². The quantitative estimate of drug-likeness (QED) is 0.660. The first-order valence-electron chi connectivity index (χ1n) is 5.42. The first-order valence-corrected chi connectivity index (χ1v) is 6.24. The van der Waals surface area contributed by atoms with Gasteiger partial charge in [0, 0.05) is 0 Å². The third-order valence-electron chi connectivity index (χ3n) is 2.80. The molecule has 0 aliphatic carbocycles. The number of fused-ring (bicyclic) bond motifs is 3. The molecular formula is C11H10N4O3S. The second-order valence-electron chi connectivity index (χ2n) is 3.84. The van der Waals surface area contributed by atoms with Gasteiger partial charge in [0.2, 0.25) is 0 Å². The second kappa shape index (κ2) is 4.16. The first-order chi connectivity index (χ1) is 9.15. The Hall–Kier alpha value is -2.22. The van der Waals surface area contributed by atoms with E-state index in [1.165, 1.54) is 30.1 Å². The van der Waals surface area contributed by atoms with Gasteiger partial charge in [-0.25, -0.2) is 9.78 Å². The average molecular weight is 278 g/mol. The monoisotopic (exact) mass is 278 g/mol. The van der Waals surface area contributed by atoms with Crippen LogP contribution in [-0.2, 0) is 4.74 Å². The molecular weight excluding hydrogens is 268 g/mol. The number of carbonyl (C=O) groups is 1. The highest BCUT2D eigenvalue weighted by atomic mass is 32.1. The number of aryl methyl sites for hydroxylation is 1. The third-order valence-corrected chi connectivity index (χ3v) is 3.98. The van der Waals surface area contributed by atoms with Gasteiger partial charge in [0.15, 0.2) is 5.65 Å². The molecule has 0 saturated heterocycles. The number of nitrogens with zero attached hydrogens (tertiary/aromatic N) is 4. The maximum atomic E-state index is 11.7. The number of hydrogen-bond acceptors (Lipinski definition) is 7. The van der Waals surface area contributed by atoms with Crippen LogP contribution in [0.3, 0.4) is 0 Å². The molecule has 0 amide bonds. The normalized spacial score (nSPS) is 11.1. The lowest BCUT2D eigenvalue weighted by Crippen LogP contribution is -1.99. The van der Waals surface area contributed by atoms with Gasteiger partial charge >= 0.3 is 12.0 Å². The summed E-state index contributed by atoms with van der Waals surface area (Å²) in [5.41, 5.74) is 1.41. The van der Waals surface area contributed by atoms with Crippen molar-refractivity contribution in [1.82, 2.24) is 19.6 Å². The van der Waals surface area contributed by atoms with E-state index in [2.05, 4.69) is 15.1 Å². The first kappa shape index (κ1) is 11.8. The number of carbonyl (C=O) groups excluding carboxylic acids is 1. The van der Waals surface area contributed by atoms with Crippen molar-refractivity contribution in [2.45, 2.75) is 6.92 Å². The van der Waals surface area contributed by atoms with Crippen LogP contribution in [-0.4, -0.2) is 39.8 Å². The summed E-state index contributed by atoms with van der Waals surface area (Å²) < 4.78 is 11.3. The number of methoxy groups -OCH3 is 2. The number of ether oxygens (including phenoxy) is 2. The standard InChI is InChI=1S/C11H10N4O3S/c1-5-6-8-13-11(18-3)14-15(8)4-12-9(6)19-7(5)10(16)17-2/h4H,1-3H3. The molecule has 0 bridgehead atoms. The highest BCUT2D eigenvalue weighted by Gasteiger charge is 2.20. The maximum absolute atomic E-state index is 11.7. The van der Waals surface area contributed by atoms with Crippen molar-refractivity contribution in [2.24, 2.45) is 0 Å². The highest BCUT2D eigenvalue weighted by Crippen LogP contribution is 2.32. The molecule has 0 saturated carbocycles. The van der Waals surface area contributed by atoms with E-state index in [0.717, 1.165) is 15.8 Å².